The molecule has 1 heterocycles. The van der Waals surface area contributed by atoms with Crippen molar-refractivity contribution in [3.63, 3.8) is 0 Å². The molecular formula is C16H13BrFN3O3. The van der Waals surface area contributed by atoms with E-state index in [9.17, 15) is 19.3 Å². The molecule has 1 aliphatic heterocycles. The molecule has 0 atom stereocenters. The average Bonchev–Trinajstić information content (AvgIpc) is 2.90. The van der Waals surface area contributed by atoms with E-state index >= 15 is 0 Å². The van der Waals surface area contributed by atoms with Gasteiger partial charge in [0.2, 0.25) is 5.91 Å². The molecule has 1 amide bonds. The molecule has 0 saturated heterocycles. The summed E-state index contributed by atoms with van der Waals surface area (Å²) in [5.41, 5.74) is 6.77. The third-order valence-electron chi connectivity index (χ3n) is 4.00. The van der Waals surface area contributed by atoms with E-state index < -0.39 is 10.8 Å². The Labute approximate surface area is 145 Å². The Balaban J connectivity index is 1.97. The number of hydrogen-bond acceptors (Lipinski definition) is 4. The van der Waals surface area contributed by atoms with Crippen molar-refractivity contribution in [1.82, 2.24) is 0 Å². The van der Waals surface area contributed by atoms with Crippen LogP contribution in [0.5, 0.6) is 0 Å². The Bertz CT molecular complexity index is 857. The first-order chi connectivity index (χ1) is 11.4. The normalized spacial score (nSPS) is 13.0. The first-order valence-electron chi connectivity index (χ1n) is 7.17. The summed E-state index contributed by atoms with van der Waals surface area (Å²) in [6.45, 7) is 0.748. The number of primary amides is 1. The quantitative estimate of drug-likeness (QED) is 0.637. The fraction of sp³-hybridized carbons (Fsp3) is 0.188. The lowest BCUT2D eigenvalue weighted by Gasteiger charge is -2.20. The van der Waals surface area contributed by atoms with E-state index in [2.05, 4.69) is 15.9 Å². The zero-order chi connectivity index (χ0) is 17.4. The molecule has 0 aliphatic carbocycles. The zero-order valence-corrected chi connectivity index (χ0v) is 14.0. The molecule has 2 N–H and O–H groups in total. The van der Waals surface area contributed by atoms with Crippen molar-refractivity contribution in [3.05, 3.63) is 67.4 Å². The standard InChI is InChI=1S/C16H13BrFN3O3/c17-12-5-9-3-4-20(15(9)13(18)7-12)8-11-2-1-10(16(19)22)6-14(11)21(23)24/h1-2,5-7H,3-4,8H2,(H2,19,22). The number of hydrogen-bond donors (Lipinski definition) is 1. The topological polar surface area (TPSA) is 89.5 Å². The van der Waals surface area contributed by atoms with Crippen LogP contribution < -0.4 is 10.6 Å². The monoisotopic (exact) mass is 393 g/mol. The molecule has 1 aliphatic rings. The van der Waals surface area contributed by atoms with Gasteiger partial charge in [0.25, 0.3) is 5.69 Å². The van der Waals surface area contributed by atoms with Crippen molar-refractivity contribution in [2.75, 3.05) is 11.4 Å². The van der Waals surface area contributed by atoms with Crippen LogP contribution in [0.2, 0.25) is 0 Å². The minimum Gasteiger partial charge on any atom is -0.366 e. The zero-order valence-electron chi connectivity index (χ0n) is 12.5. The first-order valence-corrected chi connectivity index (χ1v) is 7.96. The predicted octanol–water partition coefficient (Wildman–Crippen LogP) is 3.16. The molecule has 2 aromatic carbocycles. The maximum absolute atomic E-state index is 14.3. The number of nitro benzene ring substituents is 1. The van der Waals surface area contributed by atoms with Crippen molar-refractivity contribution >= 4 is 33.2 Å². The van der Waals surface area contributed by atoms with Crippen LogP contribution in [-0.4, -0.2) is 17.4 Å². The van der Waals surface area contributed by atoms with Gasteiger partial charge in [-0.3, -0.25) is 14.9 Å². The SMILES string of the molecule is NC(=O)c1ccc(CN2CCc3cc(Br)cc(F)c32)c([N+](=O)[O-])c1. The van der Waals surface area contributed by atoms with Crippen LogP contribution in [0.15, 0.2) is 34.8 Å². The summed E-state index contributed by atoms with van der Waals surface area (Å²) in [4.78, 5) is 23.7. The molecule has 0 unspecified atom stereocenters. The number of nitrogens with two attached hydrogens (primary N) is 1. The molecule has 8 heteroatoms. The lowest BCUT2D eigenvalue weighted by Crippen LogP contribution is -2.21. The number of carbonyl (C=O) groups is 1. The van der Waals surface area contributed by atoms with Gasteiger partial charge in [-0.05, 0) is 36.2 Å². The smallest absolute Gasteiger partial charge is 0.275 e. The summed E-state index contributed by atoms with van der Waals surface area (Å²) in [6.07, 6.45) is 0.666. The fourth-order valence-corrected chi connectivity index (χ4v) is 3.39. The third kappa shape index (κ3) is 2.96. The van der Waals surface area contributed by atoms with Crippen molar-refractivity contribution in [2.45, 2.75) is 13.0 Å². The maximum atomic E-state index is 14.3. The number of rotatable bonds is 4. The van der Waals surface area contributed by atoms with Gasteiger partial charge in [-0.2, -0.15) is 0 Å². The van der Waals surface area contributed by atoms with Gasteiger partial charge in [-0.15, -0.1) is 0 Å². The molecule has 124 valence electrons. The lowest BCUT2D eigenvalue weighted by atomic mass is 10.1. The van der Waals surface area contributed by atoms with Crippen LogP contribution in [0, 0.1) is 15.9 Å². The average molecular weight is 394 g/mol. The Hall–Kier alpha value is -2.48. The number of benzene rings is 2. The highest BCUT2D eigenvalue weighted by molar-refractivity contribution is 9.10. The Kier molecular flexibility index (Phi) is 4.23. The molecule has 3 rings (SSSR count). The molecule has 24 heavy (non-hydrogen) atoms. The number of halogens is 2. The Morgan fingerprint density at radius 3 is 2.79 bits per heavy atom. The first kappa shape index (κ1) is 16.4. The Morgan fingerprint density at radius 1 is 1.38 bits per heavy atom. The highest BCUT2D eigenvalue weighted by Crippen LogP contribution is 2.35. The largest absolute Gasteiger partial charge is 0.366 e. The molecule has 0 bridgehead atoms. The van der Waals surface area contributed by atoms with Gasteiger partial charge in [-0.25, -0.2) is 4.39 Å². The second-order valence-corrected chi connectivity index (χ2v) is 6.45. The van der Waals surface area contributed by atoms with E-state index in [-0.39, 0.29) is 23.6 Å². The van der Waals surface area contributed by atoms with Gasteiger partial charge in [-0.1, -0.05) is 15.9 Å². The molecule has 0 radical (unpaired) electrons. The number of fused-ring (bicyclic) bond motifs is 1. The number of carbonyl (C=O) groups excluding carboxylic acids is 1. The van der Waals surface area contributed by atoms with E-state index in [1.807, 2.05) is 6.07 Å². The van der Waals surface area contributed by atoms with Crippen molar-refractivity contribution in [1.29, 1.82) is 0 Å². The fourth-order valence-electron chi connectivity index (χ4n) is 2.92. The molecule has 0 spiro atoms. The number of nitro groups is 1. The molecular weight excluding hydrogens is 381 g/mol. The van der Waals surface area contributed by atoms with Gasteiger partial charge in [0.15, 0.2) is 0 Å². The summed E-state index contributed by atoms with van der Waals surface area (Å²) < 4.78 is 14.9. The van der Waals surface area contributed by atoms with E-state index in [0.717, 1.165) is 11.6 Å². The molecule has 6 nitrogen and oxygen atoms in total. The molecule has 0 aromatic heterocycles. The van der Waals surface area contributed by atoms with E-state index in [4.69, 9.17) is 5.73 Å². The summed E-state index contributed by atoms with van der Waals surface area (Å²) >= 11 is 3.26. The molecule has 0 fully saturated rings. The van der Waals surface area contributed by atoms with Gasteiger partial charge < -0.3 is 10.6 Å². The van der Waals surface area contributed by atoms with Crippen molar-refractivity contribution < 1.29 is 14.1 Å². The minimum absolute atomic E-state index is 0.0717. The summed E-state index contributed by atoms with van der Waals surface area (Å²) in [5.74, 6) is -1.10. The van der Waals surface area contributed by atoms with Gasteiger partial charge in [0.05, 0.1) is 10.6 Å². The van der Waals surface area contributed by atoms with Gasteiger partial charge >= 0.3 is 0 Å². The second-order valence-electron chi connectivity index (χ2n) is 5.53. The Morgan fingerprint density at radius 2 is 2.12 bits per heavy atom. The van der Waals surface area contributed by atoms with Crippen LogP contribution in [0.4, 0.5) is 15.8 Å². The van der Waals surface area contributed by atoms with Crippen molar-refractivity contribution in [3.8, 4) is 0 Å². The van der Waals surface area contributed by atoms with Gasteiger partial charge in [0.1, 0.15) is 5.82 Å². The highest BCUT2D eigenvalue weighted by Gasteiger charge is 2.26. The predicted molar refractivity (Wildman–Crippen MR) is 90.5 cm³/mol. The lowest BCUT2D eigenvalue weighted by molar-refractivity contribution is -0.385. The van der Waals surface area contributed by atoms with E-state index in [1.165, 1.54) is 18.2 Å². The van der Waals surface area contributed by atoms with Crippen LogP contribution >= 0.6 is 15.9 Å². The van der Waals surface area contributed by atoms with Crippen LogP contribution in [0.25, 0.3) is 0 Å². The van der Waals surface area contributed by atoms with Crippen molar-refractivity contribution in [2.24, 2.45) is 5.73 Å². The third-order valence-corrected chi connectivity index (χ3v) is 4.46. The number of amides is 1. The summed E-state index contributed by atoms with van der Waals surface area (Å²) in [7, 11) is 0. The second kappa shape index (κ2) is 6.20. The number of nitrogens with zero attached hydrogens (tertiary/aromatic N) is 2. The van der Waals surface area contributed by atoms with E-state index in [1.54, 1.807) is 4.90 Å². The van der Waals surface area contributed by atoms with Crippen LogP contribution in [0.3, 0.4) is 0 Å². The van der Waals surface area contributed by atoms with E-state index in [0.29, 0.717) is 28.7 Å². The highest BCUT2D eigenvalue weighted by atomic mass is 79.9. The number of anilines is 1. The summed E-state index contributed by atoms with van der Waals surface area (Å²) in [5, 5.41) is 11.3. The molecule has 2 aromatic rings. The van der Waals surface area contributed by atoms with Crippen LogP contribution in [0.1, 0.15) is 21.5 Å². The van der Waals surface area contributed by atoms with Gasteiger partial charge in [0, 0.05) is 34.8 Å². The summed E-state index contributed by atoms with van der Waals surface area (Å²) in [6, 6.07) is 7.32. The molecule has 0 saturated carbocycles. The van der Waals surface area contributed by atoms with Crippen LogP contribution in [-0.2, 0) is 13.0 Å². The maximum Gasteiger partial charge on any atom is 0.275 e. The minimum atomic E-state index is -0.730.